The molecule has 2 nitrogen and oxygen atoms in total. The fourth-order valence-corrected chi connectivity index (χ4v) is 3.14. The second-order valence-electron chi connectivity index (χ2n) is 6.86. The van der Waals surface area contributed by atoms with Gasteiger partial charge in [-0.25, -0.2) is 0 Å². The van der Waals surface area contributed by atoms with E-state index in [9.17, 15) is 0 Å². The minimum absolute atomic E-state index is 0.280. The molecule has 1 aliphatic rings. The van der Waals surface area contributed by atoms with Crippen LogP contribution in [0.3, 0.4) is 0 Å². The fourth-order valence-electron chi connectivity index (χ4n) is 3.14. The minimum Gasteiger partial charge on any atom is -0.489 e. The summed E-state index contributed by atoms with van der Waals surface area (Å²) in [6.45, 7) is 3.44. The summed E-state index contributed by atoms with van der Waals surface area (Å²) in [4.78, 5) is 0. The summed E-state index contributed by atoms with van der Waals surface area (Å²) in [5.41, 5.74) is 3.82. The molecule has 0 fully saturated rings. The van der Waals surface area contributed by atoms with Crippen LogP contribution in [0.4, 0.5) is 0 Å². The molecule has 1 heterocycles. The van der Waals surface area contributed by atoms with Crippen LogP contribution < -0.4 is 4.74 Å². The average Bonchev–Trinajstić information content (AvgIpc) is 2.68. The van der Waals surface area contributed by atoms with Gasteiger partial charge in [-0.3, -0.25) is 0 Å². The van der Waals surface area contributed by atoms with Crippen molar-refractivity contribution in [3.05, 3.63) is 89.5 Å². The van der Waals surface area contributed by atoms with Gasteiger partial charge in [0.2, 0.25) is 0 Å². The number of rotatable bonds is 5. The Bertz CT molecular complexity index is 714. The van der Waals surface area contributed by atoms with Gasteiger partial charge in [0.15, 0.2) is 0 Å². The Morgan fingerprint density at radius 3 is 2.62 bits per heavy atom. The molecular weight excluding hydrogens is 320 g/mol. The topological polar surface area (TPSA) is 18.5 Å². The number of ether oxygens (including phenoxy) is 2. The van der Waals surface area contributed by atoms with Gasteiger partial charge in [-0.2, -0.15) is 0 Å². The first-order valence-electron chi connectivity index (χ1n) is 9.50. The van der Waals surface area contributed by atoms with Crippen molar-refractivity contribution in [2.75, 3.05) is 6.61 Å². The van der Waals surface area contributed by atoms with Gasteiger partial charge in [-0.1, -0.05) is 66.3 Å². The summed E-state index contributed by atoms with van der Waals surface area (Å²) >= 11 is 0. The molecule has 1 atom stereocenters. The molecule has 2 aromatic carbocycles. The Balaban J connectivity index is 1.51. The molecule has 1 aliphatic heterocycles. The zero-order chi connectivity index (χ0) is 18.0. The van der Waals surface area contributed by atoms with Crippen LogP contribution in [0.1, 0.15) is 37.3 Å². The van der Waals surface area contributed by atoms with Crippen LogP contribution in [0.5, 0.6) is 5.75 Å². The number of hydrogen-bond acceptors (Lipinski definition) is 2. The van der Waals surface area contributed by atoms with Crippen molar-refractivity contribution in [2.24, 2.45) is 0 Å². The highest BCUT2D eigenvalue weighted by Crippen LogP contribution is 2.18. The highest BCUT2D eigenvalue weighted by atomic mass is 16.5. The SMILES string of the molecule is CC1=C/CCCC(Cc2ccc(OCc3ccccc3)cc2)OC/C=C\1. The molecule has 1 unspecified atom stereocenters. The van der Waals surface area contributed by atoms with Crippen molar-refractivity contribution >= 4 is 0 Å². The summed E-state index contributed by atoms with van der Waals surface area (Å²) in [7, 11) is 0. The van der Waals surface area contributed by atoms with Gasteiger partial charge in [-0.05, 0) is 55.9 Å². The zero-order valence-corrected chi connectivity index (χ0v) is 15.6. The lowest BCUT2D eigenvalue weighted by molar-refractivity contribution is 0.0666. The lowest BCUT2D eigenvalue weighted by Gasteiger charge is -2.18. The first-order chi connectivity index (χ1) is 12.8. The molecule has 0 saturated heterocycles. The van der Waals surface area contributed by atoms with Gasteiger partial charge < -0.3 is 9.47 Å². The molecule has 0 saturated carbocycles. The maximum Gasteiger partial charge on any atom is 0.119 e. The highest BCUT2D eigenvalue weighted by molar-refractivity contribution is 5.28. The van der Waals surface area contributed by atoms with E-state index in [1.165, 1.54) is 23.1 Å². The molecular formula is C24H28O2. The van der Waals surface area contributed by atoms with Gasteiger partial charge in [0.1, 0.15) is 12.4 Å². The Morgan fingerprint density at radius 2 is 1.81 bits per heavy atom. The van der Waals surface area contributed by atoms with E-state index in [0.717, 1.165) is 25.0 Å². The Kier molecular flexibility index (Phi) is 7.09. The van der Waals surface area contributed by atoms with Crippen molar-refractivity contribution in [1.82, 2.24) is 0 Å². The van der Waals surface area contributed by atoms with Crippen LogP contribution in [0.25, 0.3) is 0 Å². The molecule has 3 rings (SSSR count). The molecule has 0 spiro atoms. The predicted molar refractivity (Wildman–Crippen MR) is 107 cm³/mol. The fraction of sp³-hybridized carbons (Fsp3) is 0.333. The molecule has 0 bridgehead atoms. The summed E-state index contributed by atoms with van der Waals surface area (Å²) < 4.78 is 11.9. The molecule has 2 heteroatoms. The summed E-state index contributed by atoms with van der Waals surface area (Å²) in [5, 5.41) is 0. The number of benzene rings is 2. The standard InChI is InChI=1S/C24H28O2/c1-20-8-5-6-12-24(25-17-7-9-20)18-21-13-15-23(16-14-21)26-19-22-10-3-2-4-11-22/h2-4,7-11,13-16,24H,5-6,12,17-19H2,1H3/b9-7-,20-8-. The van der Waals surface area contributed by atoms with E-state index in [1.807, 2.05) is 18.2 Å². The van der Waals surface area contributed by atoms with Gasteiger partial charge in [0, 0.05) is 0 Å². The highest BCUT2D eigenvalue weighted by Gasteiger charge is 2.10. The first-order valence-corrected chi connectivity index (χ1v) is 9.50. The Hall–Kier alpha value is -2.32. The van der Waals surface area contributed by atoms with E-state index < -0.39 is 0 Å². The molecule has 0 radical (unpaired) electrons. The van der Waals surface area contributed by atoms with Gasteiger partial charge in [-0.15, -0.1) is 0 Å². The third kappa shape index (κ3) is 6.20. The summed E-state index contributed by atoms with van der Waals surface area (Å²) in [6, 6.07) is 18.7. The van der Waals surface area contributed by atoms with E-state index in [1.54, 1.807) is 0 Å². The van der Waals surface area contributed by atoms with E-state index in [0.29, 0.717) is 13.2 Å². The van der Waals surface area contributed by atoms with E-state index >= 15 is 0 Å². The third-order valence-electron chi connectivity index (χ3n) is 4.64. The van der Waals surface area contributed by atoms with Crippen molar-refractivity contribution < 1.29 is 9.47 Å². The van der Waals surface area contributed by atoms with Crippen molar-refractivity contribution in [3.63, 3.8) is 0 Å². The van der Waals surface area contributed by atoms with E-state index in [4.69, 9.17) is 9.47 Å². The van der Waals surface area contributed by atoms with Crippen molar-refractivity contribution in [3.8, 4) is 5.75 Å². The monoisotopic (exact) mass is 348 g/mol. The van der Waals surface area contributed by atoms with E-state index in [2.05, 4.69) is 61.5 Å². The molecule has 2 aromatic rings. The van der Waals surface area contributed by atoms with Crippen LogP contribution in [0, 0.1) is 0 Å². The second kappa shape index (κ2) is 9.98. The van der Waals surface area contributed by atoms with Crippen LogP contribution in [0.2, 0.25) is 0 Å². The third-order valence-corrected chi connectivity index (χ3v) is 4.64. The Morgan fingerprint density at radius 1 is 1.00 bits per heavy atom. The molecule has 0 aromatic heterocycles. The van der Waals surface area contributed by atoms with E-state index in [-0.39, 0.29) is 6.10 Å². The van der Waals surface area contributed by atoms with Gasteiger partial charge >= 0.3 is 0 Å². The van der Waals surface area contributed by atoms with Gasteiger partial charge in [0.05, 0.1) is 12.7 Å². The van der Waals surface area contributed by atoms with Crippen molar-refractivity contribution in [1.29, 1.82) is 0 Å². The quantitative estimate of drug-likeness (QED) is 0.672. The maximum atomic E-state index is 6.06. The predicted octanol–water partition coefficient (Wildman–Crippen LogP) is 5.88. The summed E-state index contributed by atoms with van der Waals surface area (Å²) in [6.07, 6.45) is 11.2. The zero-order valence-electron chi connectivity index (χ0n) is 15.6. The maximum absolute atomic E-state index is 6.06. The minimum atomic E-state index is 0.280. The number of hydrogen-bond donors (Lipinski definition) is 0. The van der Waals surface area contributed by atoms with Crippen LogP contribution in [-0.4, -0.2) is 12.7 Å². The molecule has 0 aliphatic carbocycles. The van der Waals surface area contributed by atoms with Crippen LogP contribution >= 0.6 is 0 Å². The lowest BCUT2D eigenvalue weighted by Crippen LogP contribution is -2.16. The molecule has 26 heavy (non-hydrogen) atoms. The molecule has 0 N–H and O–H groups in total. The normalized spacial score (nSPS) is 21.4. The largest absolute Gasteiger partial charge is 0.489 e. The van der Waals surface area contributed by atoms with Gasteiger partial charge in [0.25, 0.3) is 0 Å². The lowest BCUT2D eigenvalue weighted by atomic mass is 10.0. The van der Waals surface area contributed by atoms with Crippen LogP contribution in [0.15, 0.2) is 78.4 Å². The van der Waals surface area contributed by atoms with Crippen LogP contribution in [-0.2, 0) is 17.8 Å². The Labute approximate surface area is 157 Å². The average molecular weight is 348 g/mol. The second-order valence-corrected chi connectivity index (χ2v) is 6.86. The molecule has 136 valence electrons. The first kappa shape index (κ1) is 18.5. The number of allylic oxidation sites excluding steroid dienone is 3. The van der Waals surface area contributed by atoms with Crippen molar-refractivity contribution in [2.45, 2.75) is 45.3 Å². The summed E-state index contributed by atoms with van der Waals surface area (Å²) in [5.74, 6) is 0.910. The smallest absolute Gasteiger partial charge is 0.119 e. The molecule has 0 amide bonds.